The van der Waals surface area contributed by atoms with Gasteiger partial charge in [-0.3, -0.25) is 0 Å². The Labute approximate surface area is 124 Å². The third-order valence-corrected chi connectivity index (χ3v) is 3.92. The SMILES string of the molecule is CC(C)(C)NCc1cc2ccccc2nc1SCCO. The number of nitrogens with zero attached hydrogens (tertiary/aromatic N) is 1. The molecule has 0 saturated carbocycles. The molecule has 2 N–H and O–H groups in total. The van der Waals surface area contributed by atoms with Crippen LogP contribution in [-0.4, -0.2) is 28.0 Å². The number of aliphatic hydroxyl groups is 1. The lowest BCUT2D eigenvalue weighted by Crippen LogP contribution is -2.35. The van der Waals surface area contributed by atoms with Crippen LogP contribution in [0.4, 0.5) is 0 Å². The van der Waals surface area contributed by atoms with E-state index in [2.05, 4.69) is 38.2 Å². The Kier molecular flexibility index (Phi) is 5.02. The second kappa shape index (κ2) is 6.57. The van der Waals surface area contributed by atoms with Gasteiger partial charge in [0.05, 0.1) is 12.1 Å². The first-order chi connectivity index (χ1) is 9.49. The van der Waals surface area contributed by atoms with Crippen molar-refractivity contribution in [3.63, 3.8) is 0 Å². The van der Waals surface area contributed by atoms with Gasteiger partial charge in [-0.25, -0.2) is 4.98 Å². The molecule has 0 fully saturated rings. The highest BCUT2D eigenvalue weighted by atomic mass is 32.2. The number of rotatable bonds is 5. The minimum atomic E-state index is 0.0740. The molecule has 20 heavy (non-hydrogen) atoms. The Morgan fingerprint density at radius 3 is 2.70 bits per heavy atom. The van der Waals surface area contributed by atoms with E-state index in [0.29, 0.717) is 5.75 Å². The van der Waals surface area contributed by atoms with Gasteiger partial charge >= 0.3 is 0 Å². The van der Waals surface area contributed by atoms with Gasteiger partial charge in [0, 0.05) is 23.2 Å². The number of hydrogen-bond acceptors (Lipinski definition) is 4. The highest BCUT2D eigenvalue weighted by molar-refractivity contribution is 7.99. The topological polar surface area (TPSA) is 45.2 Å². The van der Waals surface area contributed by atoms with Crippen molar-refractivity contribution in [2.75, 3.05) is 12.4 Å². The summed E-state index contributed by atoms with van der Waals surface area (Å²) in [6, 6.07) is 10.3. The quantitative estimate of drug-likeness (QED) is 0.830. The molecule has 0 amide bonds. The highest BCUT2D eigenvalue weighted by Gasteiger charge is 2.12. The first-order valence-corrected chi connectivity index (χ1v) is 7.85. The first-order valence-electron chi connectivity index (χ1n) is 6.87. The number of hydrogen-bond donors (Lipinski definition) is 2. The van der Waals surface area contributed by atoms with Crippen molar-refractivity contribution < 1.29 is 5.11 Å². The zero-order chi connectivity index (χ0) is 14.6. The fourth-order valence-electron chi connectivity index (χ4n) is 1.90. The molecule has 108 valence electrons. The summed E-state index contributed by atoms with van der Waals surface area (Å²) in [4.78, 5) is 4.73. The summed E-state index contributed by atoms with van der Waals surface area (Å²) in [5, 5.41) is 14.7. The van der Waals surface area contributed by atoms with Gasteiger partial charge in [0.25, 0.3) is 0 Å². The average Bonchev–Trinajstić information content (AvgIpc) is 2.41. The molecule has 0 radical (unpaired) electrons. The summed E-state index contributed by atoms with van der Waals surface area (Å²) in [5.74, 6) is 0.674. The number of pyridine rings is 1. The number of nitrogens with one attached hydrogen (secondary N) is 1. The molecule has 4 heteroatoms. The molecule has 1 heterocycles. The van der Waals surface area contributed by atoms with Crippen LogP contribution in [0.15, 0.2) is 35.4 Å². The number of aromatic nitrogens is 1. The van der Waals surface area contributed by atoms with Crippen molar-refractivity contribution in [3.8, 4) is 0 Å². The molecule has 1 aromatic heterocycles. The van der Waals surface area contributed by atoms with Gasteiger partial charge in [-0.1, -0.05) is 18.2 Å². The van der Waals surface area contributed by atoms with Crippen LogP contribution < -0.4 is 5.32 Å². The molecule has 0 aliphatic rings. The molecule has 0 bridgehead atoms. The standard InChI is InChI=1S/C16H22N2OS/c1-16(2,3)17-11-13-10-12-6-4-5-7-14(12)18-15(13)20-9-8-19/h4-7,10,17,19H,8-9,11H2,1-3H3. The van der Waals surface area contributed by atoms with E-state index in [0.717, 1.165) is 22.5 Å². The fourth-order valence-corrected chi connectivity index (χ4v) is 2.66. The first kappa shape index (κ1) is 15.3. The molecule has 0 unspecified atom stereocenters. The summed E-state index contributed by atoms with van der Waals surface area (Å²) in [6.07, 6.45) is 0. The van der Waals surface area contributed by atoms with E-state index in [1.165, 1.54) is 5.56 Å². The summed E-state index contributed by atoms with van der Waals surface area (Å²) in [7, 11) is 0. The van der Waals surface area contributed by atoms with Crippen molar-refractivity contribution in [1.29, 1.82) is 0 Å². The van der Waals surface area contributed by atoms with Crippen LogP contribution in [0.1, 0.15) is 26.3 Å². The van der Waals surface area contributed by atoms with Crippen LogP contribution >= 0.6 is 11.8 Å². The maximum Gasteiger partial charge on any atom is 0.101 e. The minimum Gasteiger partial charge on any atom is -0.396 e. The van der Waals surface area contributed by atoms with Gasteiger partial charge < -0.3 is 10.4 Å². The molecule has 0 saturated heterocycles. The molecule has 2 rings (SSSR count). The molecule has 0 aliphatic heterocycles. The van der Waals surface area contributed by atoms with E-state index >= 15 is 0 Å². The average molecular weight is 290 g/mol. The largest absolute Gasteiger partial charge is 0.396 e. The van der Waals surface area contributed by atoms with E-state index < -0.39 is 0 Å². The molecular weight excluding hydrogens is 268 g/mol. The van der Waals surface area contributed by atoms with Crippen LogP contribution in [0.3, 0.4) is 0 Å². The third-order valence-electron chi connectivity index (χ3n) is 2.90. The van der Waals surface area contributed by atoms with Crippen LogP contribution in [0.25, 0.3) is 10.9 Å². The van der Waals surface area contributed by atoms with Crippen LogP contribution in [0.5, 0.6) is 0 Å². The second-order valence-corrected chi connectivity index (χ2v) is 6.90. The molecule has 3 nitrogen and oxygen atoms in total. The smallest absolute Gasteiger partial charge is 0.101 e. The van der Waals surface area contributed by atoms with Crippen molar-refractivity contribution in [2.24, 2.45) is 0 Å². The van der Waals surface area contributed by atoms with E-state index in [1.54, 1.807) is 11.8 Å². The monoisotopic (exact) mass is 290 g/mol. The summed E-state index contributed by atoms with van der Waals surface area (Å²) >= 11 is 1.61. The maximum absolute atomic E-state index is 9.03. The van der Waals surface area contributed by atoms with Crippen LogP contribution in [0, 0.1) is 0 Å². The number of fused-ring (bicyclic) bond motifs is 1. The molecule has 1 aromatic carbocycles. The number of thioether (sulfide) groups is 1. The lowest BCUT2D eigenvalue weighted by atomic mass is 10.1. The van der Waals surface area contributed by atoms with Gasteiger partial charge in [0.15, 0.2) is 0 Å². The van der Waals surface area contributed by atoms with Gasteiger partial charge in [-0.05, 0) is 38.5 Å². The van der Waals surface area contributed by atoms with E-state index in [1.807, 2.05) is 18.2 Å². The Hall–Kier alpha value is -1.10. The third kappa shape index (κ3) is 4.20. The van der Waals surface area contributed by atoms with Crippen LogP contribution in [0.2, 0.25) is 0 Å². The van der Waals surface area contributed by atoms with Crippen molar-refractivity contribution in [3.05, 3.63) is 35.9 Å². The lowest BCUT2D eigenvalue weighted by molar-refractivity contribution is 0.322. The summed E-state index contributed by atoms with van der Waals surface area (Å²) in [5.41, 5.74) is 2.27. The van der Waals surface area contributed by atoms with E-state index in [4.69, 9.17) is 10.1 Å². The van der Waals surface area contributed by atoms with Crippen LogP contribution in [-0.2, 0) is 6.54 Å². The summed E-state index contributed by atoms with van der Waals surface area (Å²) in [6.45, 7) is 7.42. The Bertz CT molecular complexity index is 578. The Balaban J connectivity index is 2.32. The van der Waals surface area contributed by atoms with Crippen molar-refractivity contribution in [2.45, 2.75) is 37.9 Å². The number of para-hydroxylation sites is 1. The maximum atomic E-state index is 9.03. The van der Waals surface area contributed by atoms with Gasteiger partial charge in [-0.2, -0.15) is 0 Å². The predicted molar refractivity (Wildman–Crippen MR) is 86.1 cm³/mol. The Morgan fingerprint density at radius 1 is 1.25 bits per heavy atom. The van der Waals surface area contributed by atoms with Gasteiger partial charge in [0.1, 0.15) is 5.03 Å². The molecular formula is C16H22N2OS. The van der Waals surface area contributed by atoms with E-state index in [-0.39, 0.29) is 12.1 Å². The van der Waals surface area contributed by atoms with Gasteiger partial charge in [0.2, 0.25) is 0 Å². The predicted octanol–water partition coefficient (Wildman–Crippen LogP) is 3.21. The fraction of sp³-hybridized carbons (Fsp3) is 0.438. The van der Waals surface area contributed by atoms with Crippen molar-refractivity contribution in [1.82, 2.24) is 10.3 Å². The molecule has 0 spiro atoms. The molecule has 2 aromatic rings. The zero-order valence-electron chi connectivity index (χ0n) is 12.3. The summed E-state index contributed by atoms with van der Waals surface area (Å²) < 4.78 is 0. The number of aliphatic hydroxyl groups excluding tert-OH is 1. The second-order valence-electron chi connectivity index (χ2n) is 5.82. The highest BCUT2D eigenvalue weighted by Crippen LogP contribution is 2.25. The lowest BCUT2D eigenvalue weighted by Gasteiger charge is -2.21. The molecule has 0 aliphatic carbocycles. The normalized spacial score (nSPS) is 12.0. The molecule has 0 atom stereocenters. The number of benzene rings is 1. The Morgan fingerprint density at radius 2 is 2.00 bits per heavy atom. The minimum absolute atomic E-state index is 0.0740. The zero-order valence-corrected chi connectivity index (χ0v) is 13.1. The van der Waals surface area contributed by atoms with E-state index in [9.17, 15) is 0 Å². The van der Waals surface area contributed by atoms with Gasteiger partial charge in [-0.15, -0.1) is 11.8 Å². The van der Waals surface area contributed by atoms with Crippen molar-refractivity contribution >= 4 is 22.7 Å².